The number of halogens is 2. The van der Waals surface area contributed by atoms with Crippen LogP contribution in [0.4, 0.5) is 0 Å². The maximum atomic E-state index is 5.87. The number of benzene rings is 1. The Hall–Kier alpha value is -0.620. The fraction of sp³-hybridized carbons (Fsp3) is 0.333. The van der Waals surface area contributed by atoms with Gasteiger partial charge >= 0.3 is 0 Å². The Morgan fingerprint density at radius 3 is 2.70 bits per heavy atom. The number of hydrogen-bond donors (Lipinski definition) is 2. The van der Waals surface area contributed by atoms with Crippen molar-refractivity contribution in [2.45, 2.75) is 13.0 Å². The molecule has 1 aromatic heterocycles. The molecule has 108 valence electrons. The molecule has 0 saturated heterocycles. The Labute approximate surface area is 136 Å². The third-order valence-electron chi connectivity index (χ3n) is 2.94. The highest BCUT2D eigenvalue weighted by Crippen LogP contribution is 2.31. The smallest absolute Gasteiger partial charge is 0.135 e. The van der Waals surface area contributed by atoms with Gasteiger partial charge in [-0.2, -0.15) is 0 Å². The molecule has 0 spiro atoms. The first-order chi connectivity index (χ1) is 9.70. The fourth-order valence-electron chi connectivity index (χ4n) is 1.91. The van der Waals surface area contributed by atoms with Crippen molar-refractivity contribution in [3.8, 4) is 11.3 Å². The van der Waals surface area contributed by atoms with E-state index in [4.69, 9.17) is 4.42 Å². The highest BCUT2D eigenvalue weighted by Gasteiger charge is 2.08. The second-order valence-corrected chi connectivity index (χ2v) is 6.29. The molecule has 3 nitrogen and oxygen atoms in total. The molecule has 0 atom stereocenters. The predicted octanol–water partition coefficient (Wildman–Crippen LogP) is 4.17. The summed E-state index contributed by atoms with van der Waals surface area (Å²) in [6.07, 6.45) is 1.11. The molecule has 0 fully saturated rings. The van der Waals surface area contributed by atoms with Gasteiger partial charge in [0.2, 0.25) is 0 Å². The average Bonchev–Trinajstić information content (AvgIpc) is 2.87. The van der Waals surface area contributed by atoms with Crippen LogP contribution in [0.2, 0.25) is 0 Å². The van der Waals surface area contributed by atoms with E-state index in [0.717, 1.165) is 52.1 Å². The molecule has 0 amide bonds. The Bertz CT molecular complexity index is 555. The minimum Gasteiger partial charge on any atom is -0.460 e. The summed E-state index contributed by atoms with van der Waals surface area (Å²) in [5.74, 6) is 1.84. The van der Waals surface area contributed by atoms with Gasteiger partial charge < -0.3 is 15.1 Å². The van der Waals surface area contributed by atoms with Crippen LogP contribution in [0, 0.1) is 0 Å². The molecule has 1 aromatic carbocycles. The van der Waals surface area contributed by atoms with E-state index >= 15 is 0 Å². The second kappa shape index (κ2) is 7.98. The largest absolute Gasteiger partial charge is 0.460 e. The Kier molecular flexibility index (Phi) is 6.29. The van der Waals surface area contributed by atoms with Crippen LogP contribution in [-0.2, 0) is 6.54 Å². The van der Waals surface area contributed by atoms with Crippen molar-refractivity contribution in [3.05, 3.63) is 45.0 Å². The molecule has 0 saturated carbocycles. The van der Waals surface area contributed by atoms with Gasteiger partial charge in [0.05, 0.1) is 6.54 Å². The van der Waals surface area contributed by atoms with Gasteiger partial charge in [0, 0.05) is 14.5 Å². The van der Waals surface area contributed by atoms with Crippen molar-refractivity contribution in [2.75, 3.05) is 20.1 Å². The highest BCUT2D eigenvalue weighted by atomic mass is 79.9. The van der Waals surface area contributed by atoms with Crippen LogP contribution in [0.3, 0.4) is 0 Å². The highest BCUT2D eigenvalue weighted by molar-refractivity contribution is 9.11. The van der Waals surface area contributed by atoms with Crippen molar-refractivity contribution < 1.29 is 4.42 Å². The van der Waals surface area contributed by atoms with Gasteiger partial charge in [-0.3, -0.25) is 0 Å². The maximum Gasteiger partial charge on any atom is 0.135 e. The van der Waals surface area contributed by atoms with E-state index in [1.54, 1.807) is 0 Å². The lowest BCUT2D eigenvalue weighted by atomic mass is 10.2. The summed E-state index contributed by atoms with van der Waals surface area (Å²) < 4.78 is 7.94. The Morgan fingerprint density at radius 1 is 1.10 bits per heavy atom. The molecule has 20 heavy (non-hydrogen) atoms. The van der Waals surface area contributed by atoms with E-state index in [1.807, 2.05) is 37.4 Å². The van der Waals surface area contributed by atoms with Gasteiger partial charge in [-0.05, 0) is 72.8 Å². The molecule has 2 aromatic rings. The minimum absolute atomic E-state index is 0.762. The topological polar surface area (TPSA) is 37.2 Å². The summed E-state index contributed by atoms with van der Waals surface area (Å²) in [7, 11) is 1.97. The van der Waals surface area contributed by atoms with E-state index in [1.165, 1.54) is 0 Å². The van der Waals surface area contributed by atoms with Crippen molar-refractivity contribution >= 4 is 31.9 Å². The molecule has 2 N–H and O–H groups in total. The molecule has 1 heterocycles. The fourth-order valence-corrected chi connectivity index (χ4v) is 3.15. The number of nitrogens with one attached hydrogen (secondary N) is 2. The molecule has 0 aliphatic rings. The van der Waals surface area contributed by atoms with Crippen LogP contribution < -0.4 is 10.6 Å². The first-order valence-electron chi connectivity index (χ1n) is 6.60. The summed E-state index contributed by atoms with van der Waals surface area (Å²) in [4.78, 5) is 0. The van der Waals surface area contributed by atoms with Crippen LogP contribution in [0.25, 0.3) is 11.3 Å². The van der Waals surface area contributed by atoms with Gasteiger partial charge in [0.1, 0.15) is 11.5 Å². The SMILES string of the molecule is CNCCCNCc1ccc(-c2ccc(Br)cc2Br)o1. The van der Waals surface area contributed by atoms with Crippen molar-refractivity contribution in [1.82, 2.24) is 10.6 Å². The first-order valence-corrected chi connectivity index (χ1v) is 8.19. The summed E-state index contributed by atoms with van der Waals surface area (Å²) in [5, 5.41) is 6.50. The predicted molar refractivity (Wildman–Crippen MR) is 89.8 cm³/mol. The van der Waals surface area contributed by atoms with E-state index in [2.05, 4.69) is 42.5 Å². The lowest BCUT2D eigenvalue weighted by Crippen LogP contribution is -2.19. The van der Waals surface area contributed by atoms with Crippen LogP contribution in [0.1, 0.15) is 12.2 Å². The number of furan rings is 1. The zero-order valence-electron chi connectivity index (χ0n) is 11.4. The van der Waals surface area contributed by atoms with E-state index in [9.17, 15) is 0 Å². The minimum atomic E-state index is 0.762. The lowest BCUT2D eigenvalue weighted by Gasteiger charge is -2.03. The molecule has 5 heteroatoms. The van der Waals surface area contributed by atoms with Gasteiger partial charge in [-0.1, -0.05) is 15.9 Å². The lowest BCUT2D eigenvalue weighted by molar-refractivity contribution is 0.489. The van der Waals surface area contributed by atoms with Gasteiger partial charge in [-0.15, -0.1) is 0 Å². The maximum absolute atomic E-state index is 5.87. The zero-order chi connectivity index (χ0) is 14.4. The van der Waals surface area contributed by atoms with Crippen molar-refractivity contribution in [1.29, 1.82) is 0 Å². The molecule has 0 unspecified atom stereocenters. The van der Waals surface area contributed by atoms with E-state index in [-0.39, 0.29) is 0 Å². The van der Waals surface area contributed by atoms with Gasteiger partial charge in [0.15, 0.2) is 0 Å². The Balaban J connectivity index is 1.95. The molecule has 0 aliphatic heterocycles. The molecular formula is C15H18Br2N2O. The molecule has 2 rings (SSSR count). The van der Waals surface area contributed by atoms with E-state index < -0.39 is 0 Å². The van der Waals surface area contributed by atoms with Gasteiger partial charge in [0.25, 0.3) is 0 Å². The summed E-state index contributed by atoms with van der Waals surface area (Å²) in [5.41, 5.74) is 1.06. The van der Waals surface area contributed by atoms with Crippen molar-refractivity contribution in [2.24, 2.45) is 0 Å². The van der Waals surface area contributed by atoms with Crippen molar-refractivity contribution in [3.63, 3.8) is 0 Å². The number of rotatable bonds is 7. The van der Waals surface area contributed by atoms with Gasteiger partial charge in [-0.25, -0.2) is 0 Å². The third kappa shape index (κ3) is 4.45. The van der Waals surface area contributed by atoms with Crippen LogP contribution in [0.5, 0.6) is 0 Å². The second-order valence-electron chi connectivity index (χ2n) is 4.52. The summed E-state index contributed by atoms with van der Waals surface area (Å²) in [6.45, 7) is 2.78. The van der Waals surface area contributed by atoms with Crippen LogP contribution >= 0.6 is 31.9 Å². The third-order valence-corrected chi connectivity index (χ3v) is 4.09. The number of hydrogen-bond acceptors (Lipinski definition) is 3. The zero-order valence-corrected chi connectivity index (χ0v) is 14.6. The van der Waals surface area contributed by atoms with E-state index in [0.29, 0.717) is 0 Å². The monoisotopic (exact) mass is 400 g/mol. The van der Waals surface area contributed by atoms with Crippen LogP contribution in [0.15, 0.2) is 43.7 Å². The molecule has 0 radical (unpaired) electrons. The normalized spacial score (nSPS) is 10.9. The Morgan fingerprint density at radius 2 is 1.95 bits per heavy atom. The standard InChI is InChI=1S/C15H18Br2N2O/c1-18-7-2-8-19-10-12-4-6-15(20-12)13-5-3-11(16)9-14(13)17/h3-6,9,18-19H,2,7-8,10H2,1H3. The quantitative estimate of drug-likeness (QED) is 0.683. The first kappa shape index (κ1) is 15.8. The summed E-state index contributed by atoms with van der Waals surface area (Å²) in [6, 6.07) is 10.1. The van der Waals surface area contributed by atoms with Crippen LogP contribution in [-0.4, -0.2) is 20.1 Å². The average molecular weight is 402 g/mol. The summed E-state index contributed by atoms with van der Waals surface area (Å²) >= 11 is 7.01. The molecule has 0 aliphatic carbocycles. The molecular weight excluding hydrogens is 384 g/mol. The molecule has 0 bridgehead atoms.